The maximum Gasteiger partial charge on any atom is 0.328 e. The van der Waals surface area contributed by atoms with E-state index < -0.39 is 12.0 Å². The van der Waals surface area contributed by atoms with Crippen molar-refractivity contribution < 1.29 is 24.5 Å². The van der Waals surface area contributed by atoms with Crippen LogP contribution in [0.2, 0.25) is 0 Å². The van der Waals surface area contributed by atoms with Gasteiger partial charge >= 0.3 is 5.97 Å². The van der Waals surface area contributed by atoms with E-state index in [1.165, 1.54) is 24.3 Å². The van der Waals surface area contributed by atoms with Crippen molar-refractivity contribution in [3.63, 3.8) is 0 Å². The number of ether oxygens (including phenoxy) is 1. The minimum absolute atomic E-state index is 0.0891. The number of phenols is 2. The molecule has 132 valence electrons. The molecule has 0 aliphatic heterocycles. The molecular formula is C19H21NO5. The Morgan fingerprint density at radius 2 is 1.48 bits per heavy atom. The summed E-state index contributed by atoms with van der Waals surface area (Å²) in [6, 6.07) is 11.9. The van der Waals surface area contributed by atoms with Crippen molar-refractivity contribution >= 4 is 11.9 Å². The molecule has 2 rings (SSSR count). The highest BCUT2D eigenvalue weighted by Crippen LogP contribution is 2.13. The molecule has 6 nitrogen and oxygen atoms in total. The van der Waals surface area contributed by atoms with Crippen LogP contribution in [0.25, 0.3) is 0 Å². The molecule has 0 spiro atoms. The van der Waals surface area contributed by atoms with Gasteiger partial charge in [-0.15, -0.1) is 0 Å². The second kappa shape index (κ2) is 8.73. The first-order chi connectivity index (χ1) is 12.0. The molecule has 3 N–H and O–H groups in total. The van der Waals surface area contributed by atoms with Crippen LogP contribution in [0.1, 0.15) is 18.1 Å². The number of hydrogen-bond donors (Lipinski definition) is 3. The molecule has 2 aromatic carbocycles. The van der Waals surface area contributed by atoms with Gasteiger partial charge in [0.1, 0.15) is 17.5 Å². The van der Waals surface area contributed by atoms with Gasteiger partial charge in [-0.25, -0.2) is 4.79 Å². The molecule has 0 saturated heterocycles. The summed E-state index contributed by atoms with van der Waals surface area (Å²) in [4.78, 5) is 24.4. The van der Waals surface area contributed by atoms with Gasteiger partial charge in [-0.2, -0.15) is 0 Å². The van der Waals surface area contributed by atoms with E-state index in [0.717, 1.165) is 11.1 Å². The van der Waals surface area contributed by atoms with E-state index in [0.29, 0.717) is 0 Å². The Kier molecular flexibility index (Phi) is 6.39. The average Bonchev–Trinajstić information content (AvgIpc) is 2.58. The van der Waals surface area contributed by atoms with Gasteiger partial charge in [-0.1, -0.05) is 24.3 Å². The van der Waals surface area contributed by atoms with Crippen LogP contribution >= 0.6 is 0 Å². The van der Waals surface area contributed by atoms with E-state index in [9.17, 15) is 19.8 Å². The molecule has 0 aromatic heterocycles. The largest absolute Gasteiger partial charge is 0.508 e. The molecule has 1 atom stereocenters. The molecule has 0 aliphatic rings. The highest BCUT2D eigenvalue weighted by atomic mass is 16.5. The molecule has 1 unspecified atom stereocenters. The number of carbonyl (C=O) groups excluding carboxylic acids is 2. The van der Waals surface area contributed by atoms with E-state index in [-0.39, 0.29) is 36.9 Å². The number of nitrogens with one attached hydrogen (secondary N) is 1. The fourth-order valence-corrected chi connectivity index (χ4v) is 2.35. The lowest BCUT2D eigenvalue weighted by Gasteiger charge is -2.17. The Morgan fingerprint density at radius 3 is 2.00 bits per heavy atom. The first-order valence-corrected chi connectivity index (χ1v) is 7.99. The van der Waals surface area contributed by atoms with Crippen molar-refractivity contribution in [3.05, 3.63) is 59.7 Å². The molecule has 6 heteroatoms. The third-order valence-corrected chi connectivity index (χ3v) is 3.58. The van der Waals surface area contributed by atoms with Crippen molar-refractivity contribution in [1.82, 2.24) is 5.32 Å². The van der Waals surface area contributed by atoms with Crippen molar-refractivity contribution in [2.75, 3.05) is 6.61 Å². The molecular weight excluding hydrogens is 322 g/mol. The molecule has 0 heterocycles. The molecule has 0 aliphatic carbocycles. The van der Waals surface area contributed by atoms with Gasteiger partial charge in [-0.3, -0.25) is 4.79 Å². The summed E-state index contributed by atoms with van der Waals surface area (Å²) in [5.74, 6) is -0.564. The Balaban J connectivity index is 2.04. The zero-order chi connectivity index (χ0) is 18.2. The van der Waals surface area contributed by atoms with Gasteiger partial charge in [0.15, 0.2) is 0 Å². The fraction of sp³-hybridized carbons (Fsp3) is 0.263. The smallest absolute Gasteiger partial charge is 0.328 e. The SMILES string of the molecule is CCOC(=O)C(Cc1ccc(O)cc1)NC(=O)Cc1ccc(O)cc1. The van der Waals surface area contributed by atoms with Gasteiger partial charge in [-0.05, 0) is 42.3 Å². The van der Waals surface area contributed by atoms with E-state index in [1.54, 1.807) is 31.2 Å². The summed E-state index contributed by atoms with van der Waals surface area (Å²) in [6.07, 6.45) is 0.353. The molecule has 25 heavy (non-hydrogen) atoms. The number of amides is 1. The quantitative estimate of drug-likeness (QED) is 0.668. The monoisotopic (exact) mass is 343 g/mol. The summed E-state index contributed by atoms with van der Waals surface area (Å²) in [6.45, 7) is 1.92. The van der Waals surface area contributed by atoms with Crippen molar-refractivity contribution in [2.45, 2.75) is 25.8 Å². The van der Waals surface area contributed by atoms with Gasteiger partial charge in [0.05, 0.1) is 13.0 Å². The van der Waals surface area contributed by atoms with Gasteiger partial charge in [0.2, 0.25) is 5.91 Å². The van der Waals surface area contributed by atoms with Crippen LogP contribution in [0.15, 0.2) is 48.5 Å². The maximum absolute atomic E-state index is 12.2. The van der Waals surface area contributed by atoms with E-state index in [4.69, 9.17) is 4.74 Å². The van der Waals surface area contributed by atoms with E-state index in [1.807, 2.05) is 0 Å². The van der Waals surface area contributed by atoms with E-state index >= 15 is 0 Å². The standard InChI is InChI=1S/C19H21NO5/c1-2-25-19(24)17(11-13-3-7-15(21)8-4-13)20-18(23)12-14-5-9-16(22)10-6-14/h3-10,17,21-22H,2,11-12H2,1H3,(H,20,23). The van der Waals surface area contributed by atoms with Gasteiger partial charge in [0.25, 0.3) is 0 Å². The summed E-state index contributed by atoms with van der Waals surface area (Å²) < 4.78 is 5.03. The van der Waals surface area contributed by atoms with Crippen LogP contribution in [0.5, 0.6) is 11.5 Å². The Bertz CT molecular complexity index is 710. The minimum atomic E-state index is -0.811. The number of benzene rings is 2. The Labute approximate surface area is 146 Å². The Hall–Kier alpha value is -3.02. The number of rotatable bonds is 7. The zero-order valence-electron chi connectivity index (χ0n) is 13.9. The molecule has 0 radical (unpaired) electrons. The lowest BCUT2D eigenvalue weighted by molar-refractivity contribution is -0.147. The van der Waals surface area contributed by atoms with Crippen LogP contribution < -0.4 is 5.32 Å². The summed E-state index contributed by atoms with van der Waals surface area (Å²) >= 11 is 0. The summed E-state index contributed by atoms with van der Waals surface area (Å²) in [5.41, 5.74) is 1.52. The molecule has 2 aromatic rings. The third kappa shape index (κ3) is 5.84. The number of aromatic hydroxyl groups is 2. The van der Waals surface area contributed by atoms with Crippen LogP contribution in [-0.4, -0.2) is 34.7 Å². The normalized spacial score (nSPS) is 11.6. The second-order valence-corrected chi connectivity index (χ2v) is 5.59. The van der Waals surface area contributed by atoms with Gasteiger partial charge < -0.3 is 20.3 Å². The lowest BCUT2D eigenvalue weighted by atomic mass is 10.0. The number of esters is 1. The topological polar surface area (TPSA) is 95.9 Å². The molecule has 0 saturated carbocycles. The van der Waals surface area contributed by atoms with Crippen LogP contribution in [0.4, 0.5) is 0 Å². The van der Waals surface area contributed by atoms with E-state index in [2.05, 4.69) is 5.32 Å². The third-order valence-electron chi connectivity index (χ3n) is 3.58. The fourth-order valence-electron chi connectivity index (χ4n) is 2.35. The Morgan fingerprint density at radius 1 is 0.960 bits per heavy atom. The first kappa shape index (κ1) is 18.3. The first-order valence-electron chi connectivity index (χ1n) is 7.99. The van der Waals surface area contributed by atoms with Crippen LogP contribution in [0.3, 0.4) is 0 Å². The van der Waals surface area contributed by atoms with Crippen molar-refractivity contribution in [3.8, 4) is 11.5 Å². The zero-order valence-corrected chi connectivity index (χ0v) is 13.9. The predicted molar refractivity (Wildman–Crippen MR) is 92.2 cm³/mol. The maximum atomic E-state index is 12.2. The highest BCUT2D eigenvalue weighted by Gasteiger charge is 2.22. The molecule has 0 fully saturated rings. The molecule has 1 amide bonds. The van der Waals surface area contributed by atoms with Crippen molar-refractivity contribution in [1.29, 1.82) is 0 Å². The predicted octanol–water partition coefficient (Wildman–Crippen LogP) is 1.93. The average molecular weight is 343 g/mol. The van der Waals surface area contributed by atoms with Gasteiger partial charge in [0, 0.05) is 6.42 Å². The lowest BCUT2D eigenvalue weighted by Crippen LogP contribution is -2.44. The second-order valence-electron chi connectivity index (χ2n) is 5.59. The van der Waals surface area contributed by atoms with Crippen LogP contribution in [0, 0.1) is 0 Å². The van der Waals surface area contributed by atoms with Crippen LogP contribution in [-0.2, 0) is 27.2 Å². The summed E-state index contributed by atoms with van der Waals surface area (Å²) in [5, 5.41) is 21.3. The molecule has 0 bridgehead atoms. The minimum Gasteiger partial charge on any atom is -0.508 e. The number of phenolic OH excluding ortho intramolecular Hbond substituents is 2. The number of carbonyl (C=O) groups is 2. The van der Waals surface area contributed by atoms with Crippen molar-refractivity contribution in [2.24, 2.45) is 0 Å². The number of hydrogen-bond acceptors (Lipinski definition) is 5. The highest BCUT2D eigenvalue weighted by molar-refractivity contribution is 5.85. The summed E-state index contributed by atoms with van der Waals surface area (Å²) in [7, 11) is 0.